The number of carbonyl (C=O) groups is 1. The van der Waals surface area contributed by atoms with Crippen molar-refractivity contribution in [2.24, 2.45) is 5.92 Å². The summed E-state index contributed by atoms with van der Waals surface area (Å²) < 4.78 is 1.91. The van der Waals surface area contributed by atoms with Crippen LogP contribution in [0, 0.1) is 5.92 Å². The van der Waals surface area contributed by atoms with Crippen molar-refractivity contribution >= 4 is 5.91 Å². The average Bonchev–Trinajstić information content (AvgIpc) is 3.35. The number of likely N-dealkylation sites (tertiary alicyclic amines) is 1. The Labute approximate surface area is 149 Å². The molecule has 0 N–H and O–H groups in total. The van der Waals surface area contributed by atoms with Gasteiger partial charge in [-0.2, -0.15) is 0 Å². The van der Waals surface area contributed by atoms with E-state index >= 15 is 0 Å². The smallest absolute Gasteiger partial charge is 0.233 e. The zero-order valence-electron chi connectivity index (χ0n) is 14.7. The highest BCUT2D eigenvalue weighted by molar-refractivity contribution is 5.88. The zero-order chi connectivity index (χ0) is 17.1. The Hall–Kier alpha value is -2.17. The van der Waals surface area contributed by atoms with Gasteiger partial charge in [0.1, 0.15) is 0 Å². The second-order valence-electron chi connectivity index (χ2n) is 7.52. The van der Waals surface area contributed by atoms with E-state index in [1.54, 1.807) is 6.20 Å². The maximum Gasteiger partial charge on any atom is 0.233 e. The molecule has 1 saturated heterocycles. The van der Waals surface area contributed by atoms with Crippen LogP contribution in [0.5, 0.6) is 0 Å². The van der Waals surface area contributed by atoms with Gasteiger partial charge in [0.15, 0.2) is 0 Å². The van der Waals surface area contributed by atoms with Crippen molar-refractivity contribution in [1.29, 1.82) is 0 Å². The third-order valence-electron chi connectivity index (χ3n) is 6.01. The average molecular weight is 338 g/mol. The SMILES string of the molecule is O=C(N1CCC(Cn2ccnn2)CC1)C1(c2ccccc2)CCCC1. The maximum atomic E-state index is 13.4. The lowest BCUT2D eigenvalue weighted by Crippen LogP contribution is -2.48. The molecule has 0 unspecified atom stereocenters. The molecule has 5 nitrogen and oxygen atoms in total. The molecule has 1 amide bonds. The molecule has 1 saturated carbocycles. The summed E-state index contributed by atoms with van der Waals surface area (Å²) in [6, 6.07) is 10.4. The monoisotopic (exact) mass is 338 g/mol. The zero-order valence-corrected chi connectivity index (χ0v) is 14.7. The molecular weight excluding hydrogens is 312 g/mol. The molecular formula is C20H26N4O. The molecule has 25 heavy (non-hydrogen) atoms. The first-order chi connectivity index (χ1) is 12.3. The molecule has 0 radical (unpaired) electrons. The molecule has 2 aromatic rings. The molecule has 1 aliphatic heterocycles. The molecule has 5 heteroatoms. The van der Waals surface area contributed by atoms with Crippen molar-refractivity contribution in [2.75, 3.05) is 13.1 Å². The fourth-order valence-corrected chi connectivity index (χ4v) is 4.58. The topological polar surface area (TPSA) is 51.0 Å². The lowest BCUT2D eigenvalue weighted by Gasteiger charge is -2.38. The number of rotatable bonds is 4. The van der Waals surface area contributed by atoms with Gasteiger partial charge in [-0.15, -0.1) is 5.10 Å². The highest BCUT2D eigenvalue weighted by Crippen LogP contribution is 2.43. The van der Waals surface area contributed by atoms with Gasteiger partial charge in [-0.1, -0.05) is 48.4 Å². The number of piperidine rings is 1. The van der Waals surface area contributed by atoms with Crippen molar-refractivity contribution in [3.8, 4) is 0 Å². The van der Waals surface area contributed by atoms with E-state index in [1.165, 1.54) is 5.56 Å². The Kier molecular flexibility index (Phi) is 4.55. The maximum absolute atomic E-state index is 13.4. The predicted molar refractivity (Wildman–Crippen MR) is 95.9 cm³/mol. The number of carbonyl (C=O) groups excluding carboxylic acids is 1. The van der Waals surface area contributed by atoms with Crippen LogP contribution in [0.25, 0.3) is 0 Å². The first-order valence-electron chi connectivity index (χ1n) is 9.47. The van der Waals surface area contributed by atoms with Crippen LogP contribution in [0.1, 0.15) is 44.1 Å². The Bertz CT molecular complexity index is 684. The molecule has 0 atom stereocenters. The van der Waals surface area contributed by atoms with Crippen LogP contribution in [-0.2, 0) is 16.8 Å². The Morgan fingerprint density at radius 3 is 2.48 bits per heavy atom. The van der Waals surface area contributed by atoms with Gasteiger partial charge in [0.25, 0.3) is 0 Å². The van der Waals surface area contributed by atoms with Gasteiger partial charge < -0.3 is 4.90 Å². The summed E-state index contributed by atoms with van der Waals surface area (Å²) in [6.07, 6.45) is 10.0. The third kappa shape index (κ3) is 3.20. The summed E-state index contributed by atoms with van der Waals surface area (Å²) in [5.41, 5.74) is 0.933. The summed E-state index contributed by atoms with van der Waals surface area (Å²) in [5.74, 6) is 0.942. The largest absolute Gasteiger partial charge is 0.342 e. The number of aromatic nitrogens is 3. The van der Waals surface area contributed by atoms with Crippen molar-refractivity contribution in [1.82, 2.24) is 19.9 Å². The van der Waals surface area contributed by atoms with E-state index in [4.69, 9.17) is 0 Å². The Morgan fingerprint density at radius 2 is 1.84 bits per heavy atom. The first-order valence-corrected chi connectivity index (χ1v) is 9.47. The van der Waals surface area contributed by atoms with Gasteiger partial charge in [-0.05, 0) is 37.2 Å². The van der Waals surface area contributed by atoms with Crippen molar-refractivity contribution in [2.45, 2.75) is 50.5 Å². The summed E-state index contributed by atoms with van der Waals surface area (Å²) in [4.78, 5) is 15.6. The third-order valence-corrected chi connectivity index (χ3v) is 6.01. The first kappa shape index (κ1) is 16.3. The second kappa shape index (κ2) is 6.98. The Morgan fingerprint density at radius 1 is 1.12 bits per heavy atom. The predicted octanol–water partition coefficient (Wildman–Crippen LogP) is 3.03. The van der Waals surface area contributed by atoms with Gasteiger partial charge in [0.2, 0.25) is 5.91 Å². The number of nitrogens with zero attached hydrogens (tertiary/aromatic N) is 4. The molecule has 2 aliphatic rings. The van der Waals surface area contributed by atoms with Crippen LogP contribution in [0.4, 0.5) is 0 Å². The molecule has 0 spiro atoms. The Balaban J connectivity index is 1.44. The lowest BCUT2D eigenvalue weighted by molar-refractivity contribution is -0.138. The van der Waals surface area contributed by atoms with Crippen LogP contribution >= 0.6 is 0 Å². The number of amides is 1. The summed E-state index contributed by atoms with van der Waals surface area (Å²) in [7, 11) is 0. The minimum absolute atomic E-state index is 0.278. The molecule has 0 bridgehead atoms. The van der Waals surface area contributed by atoms with E-state index in [9.17, 15) is 4.79 Å². The highest BCUT2D eigenvalue weighted by Gasteiger charge is 2.45. The van der Waals surface area contributed by atoms with E-state index in [1.807, 2.05) is 16.9 Å². The van der Waals surface area contributed by atoms with Crippen LogP contribution in [-0.4, -0.2) is 38.9 Å². The van der Waals surface area contributed by atoms with E-state index in [-0.39, 0.29) is 5.41 Å². The van der Waals surface area contributed by atoms with E-state index < -0.39 is 0 Å². The van der Waals surface area contributed by atoms with Crippen molar-refractivity contribution < 1.29 is 4.79 Å². The van der Waals surface area contributed by atoms with Gasteiger partial charge in [-0.3, -0.25) is 9.48 Å². The highest BCUT2D eigenvalue weighted by atomic mass is 16.2. The van der Waals surface area contributed by atoms with E-state index in [0.29, 0.717) is 11.8 Å². The second-order valence-corrected chi connectivity index (χ2v) is 7.52. The van der Waals surface area contributed by atoms with Gasteiger partial charge in [0.05, 0.1) is 11.6 Å². The van der Waals surface area contributed by atoms with Crippen LogP contribution in [0.2, 0.25) is 0 Å². The quantitative estimate of drug-likeness (QED) is 0.861. The standard InChI is InChI=1S/C20H26N4O/c25-19(20(10-4-5-11-20)18-6-2-1-3-7-18)23-13-8-17(9-14-23)16-24-15-12-21-22-24/h1-3,6-7,12,15,17H,4-5,8-11,13-14,16H2. The molecule has 4 rings (SSSR count). The van der Waals surface area contributed by atoms with Gasteiger partial charge in [-0.25, -0.2) is 0 Å². The molecule has 132 valence electrons. The fourth-order valence-electron chi connectivity index (χ4n) is 4.58. The fraction of sp³-hybridized carbons (Fsp3) is 0.550. The van der Waals surface area contributed by atoms with E-state index in [0.717, 1.165) is 58.2 Å². The molecule has 2 heterocycles. The molecule has 1 aliphatic carbocycles. The summed E-state index contributed by atoms with van der Waals surface area (Å²) >= 11 is 0. The van der Waals surface area contributed by atoms with Crippen LogP contribution < -0.4 is 0 Å². The molecule has 1 aromatic carbocycles. The number of hydrogen-bond donors (Lipinski definition) is 0. The van der Waals surface area contributed by atoms with Gasteiger partial charge in [0, 0.05) is 25.8 Å². The molecule has 1 aromatic heterocycles. The van der Waals surface area contributed by atoms with Crippen molar-refractivity contribution in [3.63, 3.8) is 0 Å². The van der Waals surface area contributed by atoms with Crippen molar-refractivity contribution in [3.05, 3.63) is 48.3 Å². The van der Waals surface area contributed by atoms with Gasteiger partial charge >= 0.3 is 0 Å². The molecule has 2 fully saturated rings. The summed E-state index contributed by atoms with van der Waals surface area (Å²) in [5, 5.41) is 7.94. The lowest BCUT2D eigenvalue weighted by atomic mass is 9.77. The normalized spacial score (nSPS) is 20.7. The number of hydrogen-bond acceptors (Lipinski definition) is 3. The minimum atomic E-state index is -0.278. The number of benzene rings is 1. The summed E-state index contributed by atoms with van der Waals surface area (Å²) in [6.45, 7) is 2.64. The van der Waals surface area contributed by atoms with E-state index in [2.05, 4.69) is 39.5 Å². The van der Waals surface area contributed by atoms with Crippen LogP contribution in [0.3, 0.4) is 0 Å². The van der Waals surface area contributed by atoms with Crippen LogP contribution in [0.15, 0.2) is 42.7 Å². The minimum Gasteiger partial charge on any atom is -0.342 e.